The maximum Gasteiger partial charge on any atom is 0.186 e. The van der Waals surface area contributed by atoms with Crippen molar-refractivity contribution in [2.75, 3.05) is 14.2 Å². The highest BCUT2D eigenvalue weighted by atomic mass is 32.2. The van der Waals surface area contributed by atoms with Gasteiger partial charge in [0.15, 0.2) is 22.6 Å². The lowest BCUT2D eigenvalue weighted by Crippen LogP contribution is -1.97. The zero-order valence-corrected chi connectivity index (χ0v) is 9.05. The predicted octanol–water partition coefficient (Wildman–Crippen LogP) is 1.59. The molecule has 0 radical (unpaired) electrons. The smallest absolute Gasteiger partial charge is 0.186 e. The Kier molecular flexibility index (Phi) is 3.49. The molecule has 0 aliphatic rings. The van der Waals surface area contributed by atoms with Gasteiger partial charge in [0.25, 0.3) is 0 Å². The zero-order chi connectivity index (χ0) is 10.7. The number of aryl methyl sites for hydroxylation is 1. The lowest BCUT2D eigenvalue weighted by atomic mass is 10.2. The Bertz CT molecular complexity index is 362. The highest BCUT2D eigenvalue weighted by Gasteiger charge is 2.11. The summed E-state index contributed by atoms with van der Waals surface area (Å²) >= 11 is -2.00. The molecule has 14 heavy (non-hydrogen) atoms. The predicted molar refractivity (Wildman–Crippen MR) is 53.3 cm³/mol. The maximum absolute atomic E-state index is 10.9. The summed E-state index contributed by atoms with van der Waals surface area (Å²) in [4.78, 5) is 0.336. The van der Waals surface area contributed by atoms with E-state index in [4.69, 9.17) is 14.0 Å². The topological polar surface area (TPSA) is 55.8 Å². The summed E-state index contributed by atoms with van der Waals surface area (Å²) in [6.07, 6.45) is 0. The van der Waals surface area contributed by atoms with E-state index < -0.39 is 11.1 Å². The van der Waals surface area contributed by atoms with Crippen molar-refractivity contribution >= 4 is 11.1 Å². The Hall–Kier alpha value is -1.07. The van der Waals surface area contributed by atoms with Gasteiger partial charge in [-0.1, -0.05) is 0 Å². The molecule has 1 aromatic carbocycles. The maximum atomic E-state index is 10.9. The third-order valence-electron chi connectivity index (χ3n) is 1.87. The minimum atomic E-state index is -2.00. The molecule has 1 unspecified atom stereocenters. The van der Waals surface area contributed by atoms with Crippen molar-refractivity contribution in [3.05, 3.63) is 17.7 Å². The van der Waals surface area contributed by atoms with Crippen LogP contribution < -0.4 is 9.47 Å². The second kappa shape index (κ2) is 4.43. The van der Waals surface area contributed by atoms with E-state index in [0.29, 0.717) is 22.0 Å². The van der Waals surface area contributed by atoms with Crippen LogP contribution in [0.5, 0.6) is 11.5 Å². The van der Waals surface area contributed by atoms with Gasteiger partial charge in [0.05, 0.1) is 19.1 Å². The fourth-order valence-electron chi connectivity index (χ4n) is 1.15. The lowest BCUT2D eigenvalue weighted by Gasteiger charge is -2.10. The summed E-state index contributed by atoms with van der Waals surface area (Å²) in [7, 11) is 3.00. The molecule has 1 aromatic rings. The summed E-state index contributed by atoms with van der Waals surface area (Å²) in [5.41, 5.74) is 0.698. The number of benzene rings is 1. The summed E-state index contributed by atoms with van der Waals surface area (Å²) in [5.74, 6) is 1.01. The summed E-state index contributed by atoms with van der Waals surface area (Å²) in [6, 6.07) is 3.17. The first-order valence-electron chi connectivity index (χ1n) is 3.93. The standard InChI is InChI=1S/C9H12O4S/c1-6-4-7(12-2)8(13-3)5-9(6)14(10)11/h4-5H,1-3H3,(H,10,11). The van der Waals surface area contributed by atoms with Crippen LogP contribution in [0.4, 0.5) is 0 Å². The molecule has 0 aromatic heterocycles. The van der Waals surface area contributed by atoms with Crippen molar-refractivity contribution in [2.24, 2.45) is 0 Å². The largest absolute Gasteiger partial charge is 0.493 e. The van der Waals surface area contributed by atoms with E-state index in [1.54, 1.807) is 13.0 Å². The second-order valence-corrected chi connectivity index (χ2v) is 3.66. The quantitative estimate of drug-likeness (QED) is 0.779. The molecule has 0 aliphatic heterocycles. The number of methoxy groups -OCH3 is 2. The molecule has 1 rings (SSSR count). The molecule has 0 saturated heterocycles. The lowest BCUT2D eigenvalue weighted by molar-refractivity contribution is 0.353. The summed E-state index contributed by atoms with van der Waals surface area (Å²) in [5, 5.41) is 0. The number of hydrogen-bond acceptors (Lipinski definition) is 3. The molecule has 1 N–H and O–H groups in total. The highest BCUT2D eigenvalue weighted by molar-refractivity contribution is 7.79. The Morgan fingerprint density at radius 3 is 2.14 bits per heavy atom. The first kappa shape index (κ1) is 11.0. The molecule has 0 spiro atoms. The summed E-state index contributed by atoms with van der Waals surface area (Å²) in [6.45, 7) is 1.74. The van der Waals surface area contributed by atoms with Crippen LogP contribution in [0.15, 0.2) is 17.0 Å². The minimum absolute atomic E-state index is 0.336. The van der Waals surface area contributed by atoms with Gasteiger partial charge in [-0.05, 0) is 18.6 Å². The van der Waals surface area contributed by atoms with Crippen LogP contribution in [0.25, 0.3) is 0 Å². The van der Waals surface area contributed by atoms with Crippen molar-refractivity contribution in [1.82, 2.24) is 0 Å². The van der Waals surface area contributed by atoms with Crippen LogP contribution in [-0.2, 0) is 11.1 Å². The average molecular weight is 216 g/mol. The van der Waals surface area contributed by atoms with Gasteiger partial charge < -0.3 is 14.0 Å². The van der Waals surface area contributed by atoms with E-state index in [1.165, 1.54) is 20.3 Å². The van der Waals surface area contributed by atoms with Crippen molar-refractivity contribution in [3.63, 3.8) is 0 Å². The van der Waals surface area contributed by atoms with Gasteiger partial charge in [-0.15, -0.1) is 0 Å². The van der Waals surface area contributed by atoms with E-state index >= 15 is 0 Å². The number of rotatable bonds is 3. The highest BCUT2D eigenvalue weighted by Crippen LogP contribution is 2.31. The van der Waals surface area contributed by atoms with Gasteiger partial charge >= 0.3 is 0 Å². The molecule has 4 nitrogen and oxygen atoms in total. The third-order valence-corrected chi connectivity index (χ3v) is 2.69. The Labute approximate surface area is 85.1 Å². The molecular weight excluding hydrogens is 204 g/mol. The molecule has 78 valence electrons. The van der Waals surface area contributed by atoms with Gasteiger partial charge in [-0.2, -0.15) is 0 Å². The normalized spacial score (nSPS) is 12.3. The molecule has 5 heteroatoms. The van der Waals surface area contributed by atoms with Crippen LogP contribution in [0.3, 0.4) is 0 Å². The van der Waals surface area contributed by atoms with Crippen molar-refractivity contribution in [2.45, 2.75) is 11.8 Å². The first-order chi connectivity index (χ1) is 6.60. The summed E-state index contributed by atoms with van der Waals surface area (Å²) < 4.78 is 29.9. The van der Waals surface area contributed by atoms with E-state index in [0.717, 1.165) is 0 Å². The third kappa shape index (κ3) is 2.05. The van der Waals surface area contributed by atoms with Crippen LogP contribution in [0, 0.1) is 6.92 Å². The van der Waals surface area contributed by atoms with Crippen LogP contribution in [0.1, 0.15) is 5.56 Å². The fourth-order valence-corrected chi connectivity index (χ4v) is 1.69. The molecule has 0 bridgehead atoms. The van der Waals surface area contributed by atoms with E-state index in [2.05, 4.69) is 0 Å². The first-order valence-corrected chi connectivity index (χ1v) is 5.04. The van der Waals surface area contributed by atoms with Crippen LogP contribution in [0.2, 0.25) is 0 Å². The number of ether oxygens (including phenoxy) is 2. The van der Waals surface area contributed by atoms with E-state index in [9.17, 15) is 4.21 Å². The molecule has 1 atom stereocenters. The second-order valence-electron chi connectivity index (χ2n) is 2.72. The molecule has 0 heterocycles. The van der Waals surface area contributed by atoms with Crippen LogP contribution in [-0.4, -0.2) is 23.0 Å². The minimum Gasteiger partial charge on any atom is -0.493 e. The molecule has 0 aliphatic carbocycles. The number of hydrogen-bond donors (Lipinski definition) is 1. The van der Waals surface area contributed by atoms with E-state index in [-0.39, 0.29) is 0 Å². The molecule has 0 amide bonds. The van der Waals surface area contributed by atoms with Gasteiger partial charge in [0.2, 0.25) is 0 Å². The average Bonchev–Trinajstić information content (AvgIpc) is 2.16. The van der Waals surface area contributed by atoms with Crippen molar-refractivity contribution < 1.29 is 18.2 Å². The van der Waals surface area contributed by atoms with Crippen molar-refractivity contribution in [3.8, 4) is 11.5 Å². The SMILES string of the molecule is COc1cc(C)c(S(=O)O)cc1OC. The Morgan fingerprint density at radius 1 is 1.21 bits per heavy atom. The zero-order valence-electron chi connectivity index (χ0n) is 8.23. The van der Waals surface area contributed by atoms with Crippen molar-refractivity contribution in [1.29, 1.82) is 0 Å². The van der Waals surface area contributed by atoms with E-state index in [1.807, 2.05) is 0 Å². The van der Waals surface area contributed by atoms with Gasteiger partial charge in [-0.3, -0.25) is 0 Å². The molecule has 0 fully saturated rings. The molecular formula is C9H12O4S. The Balaban J connectivity index is 3.30. The Morgan fingerprint density at radius 2 is 1.71 bits per heavy atom. The fraction of sp³-hybridized carbons (Fsp3) is 0.333. The van der Waals surface area contributed by atoms with Crippen LogP contribution >= 0.6 is 0 Å². The van der Waals surface area contributed by atoms with Gasteiger partial charge in [0.1, 0.15) is 0 Å². The molecule has 0 saturated carbocycles. The van der Waals surface area contributed by atoms with Gasteiger partial charge in [-0.25, -0.2) is 4.21 Å². The van der Waals surface area contributed by atoms with Gasteiger partial charge in [0, 0.05) is 6.07 Å². The monoisotopic (exact) mass is 216 g/mol.